The van der Waals surface area contributed by atoms with Crippen molar-refractivity contribution in [2.24, 2.45) is 16.6 Å². The first-order valence-electron chi connectivity index (χ1n) is 11.8. The molecule has 1 saturated carbocycles. The minimum Gasteiger partial charge on any atom is -0.326 e. The highest BCUT2D eigenvalue weighted by Gasteiger charge is 2.25. The average molecular weight is 455 g/mol. The summed E-state index contributed by atoms with van der Waals surface area (Å²) in [6.07, 6.45) is 6.70. The first-order valence-corrected chi connectivity index (χ1v) is 11.8. The molecule has 0 radical (unpaired) electrons. The van der Waals surface area contributed by atoms with Gasteiger partial charge in [0, 0.05) is 18.4 Å². The Morgan fingerprint density at radius 3 is 2.79 bits per heavy atom. The topological polar surface area (TPSA) is 97.3 Å². The van der Waals surface area contributed by atoms with Crippen LogP contribution in [0.4, 0.5) is 5.69 Å². The number of carbonyl (C=O) groups excluding carboxylic acids is 1. The molecule has 0 spiro atoms. The molecule has 7 heteroatoms. The molecule has 1 unspecified atom stereocenters. The van der Waals surface area contributed by atoms with Gasteiger partial charge < -0.3 is 16.4 Å². The standard InChI is InChI=1S/C27H30N6O/c1-18-12-25(33(32-18)24-7-2-4-20(13-24)15-28)27(34)31-23-6-3-5-21(14-23)26(22-10-11-29-17-22)30-16-19-8-9-19/h2-7,10,12-14,17,19,26,30H,8-9,11,15-16,28H2,1H3,(H,31,34). The third-order valence-corrected chi connectivity index (χ3v) is 6.25. The number of nitrogens with two attached hydrogens (primary N) is 1. The van der Waals surface area contributed by atoms with Crippen LogP contribution in [0.1, 0.15) is 46.2 Å². The van der Waals surface area contributed by atoms with Crippen LogP contribution in [0.15, 0.2) is 71.2 Å². The molecule has 0 saturated heterocycles. The number of hydrogen-bond acceptors (Lipinski definition) is 5. The fourth-order valence-electron chi connectivity index (χ4n) is 4.26. The number of nitrogens with zero attached hydrogens (tertiary/aromatic N) is 3. The van der Waals surface area contributed by atoms with E-state index in [4.69, 9.17) is 5.73 Å². The van der Waals surface area contributed by atoms with E-state index in [1.54, 1.807) is 10.7 Å². The molecule has 2 aromatic carbocycles. The molecule has 1 aliphatic carbocycles. The molecule has 34 heavy (non-hydrogen) atoms. The highest BCUT2D eigenvalue weighted by molar-refractivity contribution is 6.03. The smallest absolute Gasteiger partial charge is 0.274 e. The predicted molar refractivity (Wildman–Crippen MR) is 135 cm³/mol. The molecule has 0 bridgehead atoms. The van der Waals surface area contributed by atoms with E-state index in [1.165, 1.54) is 18.4 Å². The van der Waals surface area contributed by atoms with Crippen LogP contribution in [0.3, 0.4) is 0 Å². The van der Waals surface area contributed by atoms with Crippen LogP contribution in [0.5, 0.6) is 0 Å². The average Bonchev–Trinajstić information content (AvgIpc) is 3.35. The van der Waals surface area contributed by atoms with Gasteiger partial charge in [0.1, 0.15) is 5.69 Å². The maximum absolute atomic E-state index is 13.3. The lowest BCUT2D eigenvalue weighted by molar-refractivity contribution is 0.101. The summed E-state index contributed by atoms with van der Waals surface area (Å²) in [5.41, 5.74) is 11.9. The molecular weight excluding hydrogens is 424 g/mol. The Kier molecular flexibility index (Phi) is 6.38. The van der Waals surface area contributed by atoms with Crippen LogP contribution in [-0.4, -0.2) is 35.0 Å². The monoisotopic (exact) mass is 454 g/mol. The Morgan fingerprint density at radius 1 is 1.18 bits per heavy atom. The minimum absolute atomic E-state index is 0.0653. The molecule has 5 rings (SSSR count). The summed E-state index contributed by atoms with van der Waals surface area (Å²) in [7, 11) is 0. The maximum atomic E-state index is 13.3. The fourth-order valence-corrected chi connectivity index (χ4v) is 4.26. The second-order valence-corrected chi connectivity index (χ2v) is 9.02. The number of benzene rings is 2. The van der Waals surface area contributed by atoms with Crippen molar-refractivity contribution in [2.45, 2.75) is 32.4 Å². The summed E-state index contributed by atoms with van der Waals surface area (Å²) in [5.74, 6) is 0.561. The highest BCUT2D eigenvalue weighted by atomic mass is 16.2. The number of carbonyl (C=O) groups is 1. The number of aliphatic imine (C=N–C) groups is 1. The number of amides is 1. The number of hydrogen-bond donors (Lipinski definition) is 3. The van der Waals surface area contributed by atoms with Crippen LogP contribution in [0, 0.1) is 12.8 Å². The van der Waals surface area contributed by atoms with Gasteiger partial charge in [-0.15, -0.1) is 0 Å². The summed E-state index contributed by atoms with van der Waals surface area (Å²) >= 11 is 0. The van der Waals surface area contributed by atoms with Crippen molar-refractivity contribution >= 4 is 17.8 Å². The lowest BCUT2D eigenvalue weighted by atomic mass is 9.98. The SMILES string of the molecule is Cc1cc(C(=O)Nc2cccc(C(NCC3CC3)C3=CCN=C3)c2)n(-c2cccc(CN)c2)n1. The first kappa shape index (κ1) is 22.3. The van der Waals surface area contributed by atoms with Gasteiger partial charge in [-0.25, -0.2) is 4.68 Å². The Bertz CT molecular complexity index is 1250. The van der Waals surface area contributed by atoms with E-state index in [2.05, 4.69) is 32.9 Å². The van der Waals surface area contributed by atoms with E-state index in [-0.39, 0.29) is 11.9 Å². The summed E-state index contributed by atoms with van der Waals surface area (Å²) in [5, 5.41) is 11.3. The molecule has 7 nitrogen and oxygen atoms in total. The fraction of sp³-hybridized carbons (Fsp3) is 0.296. The molecule has 1 atom stereocenters. The minimum atomic E-state index is -0.208. The molecule has 2 heterocycles. The number of nitrogens with one attached hydrogen (secondary N) is 2. The zero-order valence-corrected chi connectivity index (χ0v) is 19.4. The Hall–Kier alpha value is -3.55. The van der Waals surface area contributed by atoms with E-state index >= 15 is 0 Å². The Labute approximate surface area is 199 Å². The van der Waals surface area contributed by atoms with Gasteiger partial charge in [0.2, 0.25) is 0 Å². The zero-order chi connectivity index (χ0) is 23.5. The third-order valence-electron chi connectivity index (χ3n) is 6.25. The van der Waals surface area contributed by atoms with Crippen LogP contribution in [0.2, 0.25) is 0 Å². The lowest BCUT2D eigenvalue weighted by Crippen LogP contribution is -2.25. The number of anilines is 1. The molecular formula is C27H30N6O. The van der Waals surface area contributed by atoms with Gasteiger partial charge in [-0.05, 0) is 79.3 Å². The second-order valence-electron chi connectivity index (χ2n) is 9.02. The third kappa shape index (κ3) is 5.00. The van der Waals surface area contributed by atoms with Crippen molar-refractivity contribution in [3.8, 4) is 5.69 Å². The van der Waals surface area contributed by atoms with Gasteiger partial charge in [-0.1, -0.05) is 30.3 Å². The van der Waals surface area contributed by atoms with Crippen molar-refractivity contribution in [2.75, 3.05) is 18.4 Å². The summed E-state index contributed by atoms with van der Waals surface area (Å²) in [6.45, 7) is 4.03. The molecule has 1 aromatic heterocycles. The second kappa shape index (κ2) is 9.75. The molecule has 1 amide bonds. The van der Waals surface area contributed by atoms with E-state index in [0.717, 1.165) is 47.2 Å². The zero-order valence-electron chi connectivity index (χ0n) is 19.4. The molecule has 4 N–H and O–H groups in total. The van der Waals surface area contributed by atoms with Gasteiger partial charge in [-0.3, -0.25) is 9.79 Å². The van der Waals surface area contributed by atoms with Gasteiger partial charge in [-0.2, -0.15) is 5.10 Å². The largest absolute Gasteiger partial charge is 0.326 e. The van der Waals surface area contributed by atoms with Crippen molar-refractivity contribution in [3.63, 3.8) is 0 Å². The predicted octanol–water partition coefficient (Wildman–Crippen LogP) is 3.94. The van der Waals surface area contributed by atoms with Crippen molar-refractivity contribution in [1.82, 2.24) is 15.1 Å². The summed E-state index contributed by atoms with van der Waals surface area (Å²) in [6, 6.07) is 17.7. The van der Waals surface area contributed by atoms with Crippen LogP contribution in [-0.2, 0) is 6.54 Å². The van der Waals surface area contributed by atoms with Gasteiger partial charge in [0.15, 0.2) is 0 Å². The number of aryl methyl sites for hydroxylation is 1. The van der Waals surface area contributed by atoms with E-state index in [9.17, 15) is 4.79 Å². The van der Waals surface area contributed by atoms with E-state index in [1.807, 2.05) is 55.6 Å². The lowest BCUT2D eigenvalue weighted by Gasteiger charge is -2.20. The van der Waals surface area contributed by atoms with Crippen LogP contribution >= 0.6 is 0 Å². The normalized spacial score (nSPS) is 15.9. The summed E-state index contributed by atoms with van der Waals surface area (Å²) < 4.78 is 1.67. The number of rotatable bonds is 9. The molecule has 3 aromatic rings. The molecule has 1 fully saturated rings. The Balaban J connectivity index is 1.38. The van der Waals surface area contributed by atoms with Gasteiger partial charge in [0.05, 0.1) is 24.0 Å². The van der Waals surface area contributed by atoms with E-state index in [0.29, 0.717) is 12.2 Å². The van der Waals surface area contributed by atoms with Crippen molar-refractivity contribution in [3.05, 3.63) is 88.8 Å². The Morgan fingerprint density at radius 2 is 2.03 bits per heavy atom. The molecule has 2 aliphatic rings. The van der Waals surface area contributed by atoms with Gasteiger partial charge >= 0.3 is 0 Å². The highest BCUT2D eigenvalue weighted by Crippen LogP contribution is 2.31. The quantitative estimate of drug-likeness (QED) is 0.456. The van der Waals surface area contributed by atoms with Crippen LogP contribution < -0.4 is 16.4 Å². The first-order chi connectivity index (χ1) is 16.6. The van der Waals surface area contributed by atoms with Gasteiger partial charge in [0.25, 0.3) is 5.91 Å². The summed E-state index contributed by atoms with van der Waals surface area (Å²) in [4.78, 5) is 17.7. The molecule has 1 aliphatic heterocycles. The van der Waals surface area contributed by atoms with Crippen LogP contribution in [0.25, 0.3) is 5.69 Å². The number of aromatic nitrogens is 2. The maximum Gasteiger partial charge on any atom is 0.274 e. The van der Waals surface area contributed by atoms with E-state index < -0.39 is 0 Å². The van der Waals surface area contributed by atoms with Crippen molar-refractivity contribution in [1.29, 1.82) is 0 Å². The van der Waals surface area contributed by atoms with Crippen molar-refractivity contribution < 1.29 is 4.79 Å². The molecule has 174 valence electrons.